The summed E-state index contributed by atoms with van der Waals surface area (Å²) in [6.45, 7) is 4.09. The predicted molar refractivity (Wildman–Crippen MR) is 73.1 cm³/mol. The van der Waals surface area contributed by atoms with Gasteiger partial charge in [0.1, 0.15) is 0 Å². The van der Waals surface area contributed by atoms with Crippen molar-refractivity contribution in [3.63, 3.8) is 0 Å². The van der Waals surface area contributed by atoms with Crippen LogP contribution in [0.2, 0.25) is 0 Å². The van der Waals surface area contributed by atoms with Crippen LogP contribution in [0.3, 0.4) is 0 Å². The molecule has 0 aliphatic heterocycles. The minimum Gasteiger partial charge on any atom is -0.388 e. The van der Waals surface area contributed by atoms with Crippen LogP contribution in [-0.4, -0.2) is 53.3 Å². The van der Waals surface area contributed by atoms with Crippen LogP contribution in [0, 0.1) is 0 Å². The van der Waals surface area contributed by atoms with Gasteiger partial charge in [-0.3, -0.25) is 0 Å². The first-order valence-corrected chi connectivity index (χ1v) is 5.95. The molecule has 1 heterocycles. The lowest BCUT2D eigenvalue weighted by atomic mass is 10.0. The van der Waals surface area contributed by atoms with Gasteiger partial charge < -0.3 is 20.6 Å². The SMILES string of the molecule is CCC(C)(O)CNc1nc(NC)nc(N(C)C)n1. The average molecular weight is 254 g/mol. The van der Waals surface area contributed by atoms with Crippen LogP contribution in [0.1, 0.15) is 20.3 Å². The molecule has 0 aromatic carbocycles. The van der Waals surface area contributed by atoms with Gasteiger partial charge in [0.05, 0.1) is 5.60 Å². The molecule has 1 aromatic rings. The van der Waals surface area contributed by atoms with Crippen molar-refractivity contribution in [2.24, 2.45) is 0 Å². The Balaban J connectivity index is 2.85. The average Bonchev–Trinajstić information content (AvgIpc) is 2.36. The van der Waals surface area contributed by atoms with Crippen molar-refractivity contribution in [1.29, 1.82) is 0 Å². The second kappa shape index (κ2) is 5.81. The monoisotopic (exact) mass is 254 g/mol. The van der Waals surface area contributed by atoms with E-state index in [1.165, 1.54) is 0 Å². The molecule has 0 bridgehead atoms. The maximum atomic E-state index is 9.93. The zero-order valence-corrected chi connectivity index (χ0v) is 11.7. The Labute approximate surface area is 108 Å². The molecule has 1 aromatic heterocycles. The minimum atomic E-state index is -0.773. The lowest BCUT2D eigenvalue weighted by Gasteiger charge is -2.22. The highest BCUT2D eigenvalue weighted by Gasteiger charge is 2.18. The van der Waals surface area contributed by atoms with Crippen molar-refractivity contribution in [3.05, 3.63) is 0 Å². The van der Waals surface area contributed by atoms with Gasteiger partial charge in [-0.25, -0.2) is 0 Å². The Morgan fingerprint density at radius 1 is 1.22 bits per heavy atom. The fourth-order valence-electron chi connectivity index (χ4n) is 1.15. The highest BCUT2D eigenvalue weighted by Crippen LogP contribution is 2.13. The van der Waals surface area contributed by atoms with Crippen molar-refractivity contribution < 1.29 is 5.11 Å². The third-order valence-corrected chi connectivity index (χ3v) is 2.64. The molecule has 102 valence electrons. The predicted octanol–water partition coefficient (Wildman–Crippen LogP) is 0.552. The van der Waals surface area contributed by atoms with Gasteiger partial charge in [0.25, 0.3) is 0 Å². The lowest BCUT2D eigenvalue weighted by molar-refractivity contribution is 0.0695. The molecule has 1 unspecified atom stereocenters. The van der Waals surface area contributed by atoms with Gasteiger partial charge in [-0.05, 0) is 13.3 Å². The summed E-state index contributed by atoms with van der Waals surface area (Å²) in [5.41, 5.74) is -0.773. The smallest absolute Gasteiger partial charge is 0.231 e. The number of nitrogens with one attached hydrogen (secondary N) is 2. The molecule has 0 aliphatic carbocycles. The molecule has 7 heteroatoms. The topological polar surface area (TPSA) is 86.2 Å². The lowest BCUT2D eigenvalue weighted by Crippen LogP contribution is -2.33. The maximum absolute atomic E-state index is 9.93. The zero-order chi connectivity index (χ0) is 13.8. The first kappa shape index (κ1) is 14.4. The van der Waals surface area contributed by atoms with Crippen LogP contribution >= 0.6 is 0 Å². The molecule has 0 saturated carbocycles. The maximum Gasteiger partial charge on any atom is 0.231 e. The molecular weight excluding hydrogens is 232 g/mol. The quantitative estimate of drug-likeness (QED) is 0.683. The Morgan fingerprint density at radius 2 is 1.83 bits per heavy atom. The van der Waals surface area contributed by atoms with Crippen LogP contribution in [0.15, 0.2) is 0 Å². The van der Waals surface area contributed by atoms with Gasteiger partial charge in [0, 0.05) is 27.7 Å². The van der Waals surface area contributed by atoms with E-state index in [1.54, 1.807) is 18.9 Å². The van der Waals surface area contributed by atoms with Crippen LogP contribution in [0.4, 0.5) is 17.8 Å². The van der Waals surface area contributed by atoms with Crippen molar-refractivity contribution in [1.82, 2.24) is 15.0 Å². The summed E-state index contributed by atoms with van der Waals surface area (Å²) in [6.07, 6.45) is 0.657. The van der Waals surface area contributed by atoms with Gasteiger partial charge in [0.2, 0.25) is 17.8 Å². The number of anilines is 3. The molecular formula is C11H22N6O. The Hall–Kier alpha value is -1.63. The highest BCUT2D eigenvalue weighted by atomic mass is 16.3. The number of aliphatic hydroxyl groups is 1. The van der Waals surface area contributed by atoms with E-state index >= 15 is 0 Å². The van der Waals surface area contributed by atoms with Crippen LogP contribution in [0.5, 0.6) is 0 Å². The summed E-state index contributed by atoms with van der Waals surface area (Å²) in [5.74, 6) is 1.51. The van der Waals surface area contributed by atoms with E-state index in [2.05, 4.69) is 25.6 Å². The van der Waals surface area contributed by atoms with E-state index in [-0.39, 0.29) is 0 Å². The van der Waals surface area contributed by atoms with Gasteiger partial charge in [-0.1, -0.05) is 6.92 Å². The fourth-order valence-corrected chi connectivity index (χ4v) is 1.15. The molecule has 3 N–H and O–H groups in total. The largest absolute Gasteiger partial charge is 0.388 e. The summed E-state index contributed by atoms with van der Waals surface area (Å²) >= 11 is 0. The van der Waals surface area contributed by atoms with Gasteiger partial charge in [0.15, 0.2) is 0 Å². The number of hydrogen-bond donors (Lipinski definition) is 3. The first-order chi connectivity index (χ1) is 8.38. The standard InChI is InChI=1S/C11H22N6O/c1-6-11(2,18)7-13-9-14-8(12-3)15-10(16-9)17(4)5/h18H,6-7H2,1-5H3,(H2,12,13,14,15,16). The van der Waals surface area contributed by atoms with E-state index in [9.17, 15) is 5.11 Å². The molecule has 1 atom stereocenters. The molecule has 18 heavy (non-hydrogen) atoms. The summed E-state index contributed by atoms with van der Waals surface area (Å²) in [6, 6.07) is 0. The summed E-state index contributed by atoms with van der Waals surface area (Å²) in [4.78, 5) is 14.5. The van der Waals surface area contributed by atoms with Crippen molar-refractivity contribution in [2.45, 2.75) is 25.9 Å². The Morgan fingerprint density at radius 3 is 2.33 bits per heavy atom. The van der Waals surface area contributed by atoms with E-state index in [1.807, 2.05) is 21.0 Å². The second-order valence-corrected chi connectivity index (χ2v) is 4.63. The number of aromatic nitrogens is 3. The van der Waals surface area contributed by atoms with E-state index < -0.39 is 5.60 Å². The minimum absolute atomic E-state index is 0.392. The third-order valence-electron chi connectivity index (χ3n) is 2.64. The van der Waals surface area contributed by atoms with Gasteiger partial charge >= 0.3 is 0 Å². The molecule has 0 radical (unpaired) electrons. The van der Waals surface area contributed by atoms with E-state index in [4.69, 9.17) is 0 Å². The Bertz CT molecular complexity index is 393. The summed E-state index contributed by atoms with van der Waals surface area (Å²) in [5, 5.41) is 15.8. The Kier molecular flexibility index (Phi) is 4.66. The summed E-state index contributed by atoms with van der Waals surface area (Å²) in [7, 11) is 5.47. The molecule has 0 saturated heterocycles. The fraction of sp³-hybridized carbons (Fsp3) is 0.727. The number of rotatable bonds is 6. The third kappa shape index (κ3) is 3.99. The van der Waals surface area contributed by atoms with Gasteiger partial charge in [-0.15, -0.1) is 0 Å². The molecule has 7 nitrogen and oxygen atoms in total. The second-order valence-electron chi connectivity index (χ2n) is 4.63. The molecule has 0 fully saturated rings. The normalized spacial score (nSPS) is 13.9. The van der Waals surface area contributed by atoms with E-state index in [0.717, 1.165) is 0 Å². The van der Waals surface area contributed by atoms with E-state index in [0.29, 0.717) is 30.8 Å². The zero-order valence-electron chi connectivity index (χ0n) is 11.7. The van der Waals surface area contributed by atoms with Crippen molar-refractivity contribution in [2.75, 3.05) is 43.2 Å². The van der Waals surface area contributed by atoms with Crippen molar-refractivity contribution in [3.8, 4) is 0 Å². The van der Waals surface area contributed by atoms with Crippen LogP contribution < -0.4 is 15.5 Å². The van der Waals surface area contributed by atoms with Crippen molar-refractivity contribution >= 4 is 17.8 Å². The van der Waals surface area contributed by atoms with Gasteiger partial charge in [-0.2, -0.15) is 15.0 Å². The highest BCUT2D eigenvalue weighted by molar-refractivity contribution is 5.42. The molecule has 1 rings (SSSR count). The molecule has 0 spiro atoms. The summed E-state index contributed by atoms with van der Waals surface area (Å²) < 4.78 is 0. The van der Waals surface area contributed by atoms with Crippen LogP contribution in [-0.2, 0) is 0 Å². The molecule has 0 aliphatic rings. The number of nitrogens with zero attached hydrogens (tertiary/aromatic N) is 4. The first-order valence-electron chi connectivity index (χ1n) is 5.95. The molecule has 0 amide bonds. The van der Waals surface area contributed by atoms with Crippen LogP contribution in [0.25, 0.3) is 0 Å². The number of hydrogen-bond acceptors (Lipinski definition) is 7.